The van der Waals surface area contributed by atoms with Crippen LogP contribution < -0.4 is 10.5 Å². The molecule has 0 bridgehead atoms. The Kier molecular flexibility index (Phi) is 5.87. The SMILES string of the molecule is O=C(NO)C1(S(=O)(=O)N2CCN(C3=C4COC4N(c4ccccc4)N=C3)CC2)CCOCC1. The number of hydrazone groups is 1. The first kappa shape index (κ1) is 22.3. The van der Waals surface area contributed by atoms with Crippen molar-refractivity contribution in [3.8, 4) is 0 Å². The fourth-order valence-corrected chi connectivity index (χ4v) is 6.91. The number of para-hydroxylation sites is 1. The van der Waals surface area contributed by atoms with Crippen LogP contribution in [0.3, 0.4) is 0 Å². The summed E-state index contributed by atoms with van der Waals surface area (Å²) < 4.78 is 37.7. The zero-order chi connectivity index (χ0) is 23.1. The molecule has 1 atom stereocenters. The van der Waals surface area contributed by atoms with Gasteiger partial charge in [-0.2, -0.15) is 9.41 Å². The fraction of sp³-hybridized carbons (Fsp3) is 0.524. The average Bonchev–Trinajstić information content (AvgIpc) is 2.84. The lowest BCUT2D eigenvalue weighted by Gasteiger charge is -2.46. The summed E-state index contributed by atoms with van der Waals surface area (Å²) in [4.78, 5) is 14.6. The van der Waals surface area contributed by atoms with E-state index in [1.54, 1.807) is 5.48 Å². The van der Waals surface area contributed by atoms with E-state index in [1.807, 2.05) is 41.6 Å². The smallest absolute Gasteiger partial charge is 0.266 e. The molecule has 33 heavy (non-hydrogen) atoms. The van der Waals surface area contributed by atoms with Crippen LogP contribution in [0.25, 0.3) is 0 Å². The van der Waals surface area contributed by atoms with Crippen LogP contribution in [0.15, 0.2) is 46.7 Å². The largest absolute Gasteiger partial charge is 0.381 e. The van der Waals surface area contributed by atoms with Crippen molar-refractivity contribution in [2.45, 2.75) is 23.8 Å². The number of hydroxylamine groups is 1. The lowest BCUT2D eigenvalue weighted by molar-refractivity contribution is -0.134. The molecule has 3 saturated heterocycles. The van der Waals surface area contributed by atoms with Crippen LogP contribution in [0.1, 0.15) is 12.8 Å². The maximum Gasteiger partial charge on any atom is 0.266 e. The van der Waals surface area contributed by atoms with Crippen molar-refractivity contribution in [1.29, 1.82) is 0 Å². The maximum absolute atomic E-state index is 13.5. The summed E-state index contributed by atoms with van der Waals surface area (Å²) in [5.74, 6) is -0.895. The molecule has 12 heteroatoms. The number of piperazine rings is 1. The van der Waals surface area contributed by atoms with Gasteiger partial charge in [0, 0.05) is 57.8 Å². The van der Waals surface area contributed by atoms with Crippen molar-refractivity contribution in [3.05, 3.63) is 41.6 Å². The number of rotatable bonds is 5. The van der Waals surface area contributed by atoms with Gasteiger partial charge in [-0.05, 0) is 12.1 Å². The molecule has 5 rings (SSSR count). The molecule has 0 radical (unpaired) electrons. The highest BCUT2D eigenvalue weighted by Gasteiger charge is 2.54. The van der Waals surface area contributed by atoms with Crippen LogP contribution in [-0.4, -0.2) is 91.9 Å². The van der Waals surface area contributed by atoms with E-state index >= 15 is 0 Å². The summed E-state index contributed by atoms with van der Waals surface area (Å²) in [7, 11) is -4.00. The Bertz CT molecular complexity index is 1060. The van der Waals surface area contributed by atoms with Crippen molar-refractivity contribution in [1.82, 2.24) is 14.7 Å². The minimum Gasteiger partial charge on any atom is -0.381 e. The molecule has 11 nitrogen and oxygen atoms in total. The number of benzene rings is 1. The molecule has 3 fully saturated rings. The number of fused-ring (bicyclic) bond motifs is 1. The van der Waals surface area contributed by atoms with Gasteiger partial charge >= 0.3 is 0 Å². The predicted molar refractivity (Wildman–Crippen MR) is 119 cm³/mol. The third kappa shape index (κ3) is 3.62. The summed E-state index contributed by atoms with van der Waals surface area (Å²) in [6.45, 7) is 2.22. The Morgan fingerprint density at radius 3 is 2.42 bits per heavy atom. The minimum absolute atomic E-state index is 0.0121. The van der Waals surface area contributed by atoms with Crippen molar-refractivity contribution in [2.75, 3.05) is 51.0 Å². The number of hydrogen-bond acceptors (Lipinski definition) is 9. The molecule has 4 heterocycles. The van der Waals surface area contributed by atoms with Crippen molar-refractivity contribution >= 4 is 27.8 Å². The first-order valence-electron chi connectivity index (χ1n) is 11.0. The highest BCUT2D eigenvalue weighted by atomic mass is 32.2. The summed E-state index contributed by atoms with van der Waals surface area (Å²) in [5.41, 5.74) is 4.58. The summed E-state index contributed by atoms with van der Waals surface area (Å²) >= 11 is 0. The van der Waals surface area contributed by atoms with Crippen molar-refractivity contribution in [3.63, 3.8) is 0 Å². The second-order valence-corrected chi connectivity index (χ2v) is 10.7. The normalized spacial score (nSPS) is 25.4. The predicted octanol–water partition coefficient (Wildman–Crippen LogP) is 0.105. The molecule has 0 spiro atoms. The van der Waals surface area contributed by atoms with Gasteiger partial charge in [-0.3, -0.25) is 10.0 Å². The quantitative estimate of drug-likeness (QED) is 0.452. The summed E-state index contributed by atoms with van der Waals surface area (Å²) in [6, 6.07) is 9.79. The van der Waals surface area contributed by atoms with Gasteiger partial charge in [0.25, 0.3) is 5.91 Å². The molecule has 178 valence electrons. The number of anilines is 1. The molecular weight excluding hydrogens is 450 g/mol. The summed E-state index contributed by atoms with van der Waals surface area (Å²) in [5, 5.41) is 15.6. The number of nitrogens with zero attached hydrogens (tertiary/aromatic N) is 4. The van der Waals surface area contributed by atoms with Gasteiger partial charge in [-0.15, -0.1) is 0 Å². The van der Waals surface area contributed by atoms with Gasteiger partial charge in [-0.1, -0.05) is 18.2 Å². The highest BCUT2D eigenvalue weighted by molar-refractivity contribution is 7.91. The molecule has 1 amide bonds. The van der Waals surface area contributed by atoms with Crippen LogP contribution >= 0.6 is 0 Å². The van der Waals surface area contributed by atoms with E-state index in [4.69, 9.17) is 9.47 Å². The van der Waals surface area contributed by atoms with E-state index in [1.165, 1.54) is 4.31 Å². The molecule has 2 N–H and O–H groups in total. The molecule has 0 aromatic heterocycles. The number of carbonyl (C=O) groups is 1. The van der Waals surface area contributed by atoms with Crippen LogP contribution in [0.4, 0.5) is 5.69 Å². The van der Waals surface area contributed by atoms with E-state index in [2.05, 4.69) is 10.0 Å². The monoisotopic (exact) mass is 477 g/mol. The van der Waals surface area contributed by atoms with Gasteiger partial charge in [0.1, 0.15) is 0 Å². The Balaban J connectivity index is 1.30. The van der Waals surface area contributed by atoms with E-state index in [-0.39, 0.29) is 45.4 Å². The lowest BCUT2D eigenvalue weighted by atomic mass is 9.98. The van der Waals surface area contributed by atoms with E-state index in [0.717, 1.165) is 17.0 Å². The van der Waals surface area contributed by atoms with Crippen molar-refractivity contribution < 1.29 is 27.9 Å². The number of allylic oxidation sites excluding steroid dienone is 1. The van der Waals surface area contributed by atoms with Gasteiger partial charge < -0.3 is 14.4 Å². The maximum atomic E-state index is 13.5. The Labute approximate surface area is 192 Å². The van der Waals surface area contributed by atoms with Crippen LogP contribution in [-0.2, 0) is 24.3 Å². The van der Waals surface area contributed by atoms with Gasteiger partial charge in [0.2, 0.25) is 10.0 Å². The van der Waals surface area contributed by atoms with Gasteiger partial charge in [-0.25, -0.2) is 18.9 Å². The van der Waals surface area contributed by atoms with Gasteiger partial charge in [0.15, 0.2) is 11.0 Å². The third-order valence-corrected chi connectivity index (χ3v) is 9.43. The second kappa shape index (κ2) is 8.69. The zero-order valence-corrected chi connectivity index (χ0v) is 18.9. The van der Waals surface area contributed by atoms with Crippen molar-refractivity contribution in [2.24, 2.45) is 5.10 Å². The highest BCUT2D eigenvalue weighted by Crippen LogP contribution is 2.36. The Hall–Kier alpha value is -2.51. The molecule has 0 saturated carbocycles. The summed E-state index contributed by atoms with van der Waals surface area (Å²) in [6.07, 6.45) is 1.58. The molecule has 1 aromatic rings. The van der Waals surface area contributed by atoms with E-state index < -0.39 is 20.7 Å². The Morgan fingerprint density at radius 1 is 1.12 bits per heavy atom. The van der Waals surface area contributed by atoms with E-state index in [9.17, 15) is 18.4 Å². The van der Waals surface area contributed by atoms with Crippen LogP contribution in [0, 0.1) is 0 Å². The number of hydrogen-bond donors (Lipinski definition) is 2. The average molecular weight is 478 g/mol. The number of ether oxygens (including phenoxy) is 2. The molecular formula is C21H27N5O6S. The zero-order valence-electron chi connectivity index (χ0n) is 18.1. The lowest BCUT2D eigenvalue weighted by Crippen LogP contribution is -2.62. The number of amides is 1. The molecule has 1 unspecified atom stereocenters. The molecule has 1 aromatic carbocycles. The van der Waals surface area contributed by atoms with E-state index in [0.29, 0.717) is 19.7 Å². The minimum atomic E-state index is -4.00. The standard InChI is InChI=1S/C21H27N5O6S/c27-20(23-28)21(6-12-31-13-7-21)33(29,30)25-10-8-24(9-11-25)18-14-22-26(19-17(18)15-32-19)16-4-2-1-3-5-16/h1-5,14,19,28H,6-13,15H2,(H,23,27). The molecule has 4 aliphatic rings. The van der Waals surface area contributed by atoms with Crippen LogP contribution in [0.2, 0.25) is 0 Å². The molecule has 4 aliphatic heterocycles. The fourth-order valence-electron chi connectivity index (χ4n) is 4.81. The number of carbonyl (C=O) groups excluding carboxylic acids is 1. The topological polar surface area (TPSA) is 124 Å². The third-order valence-electron chi connectivity index (χ3n) is 6.80. The number of nitrogens with one attached hydrogen (secondary N) is 1. The second-order valence-electron chi connectivity index (χ2n) is 8.44. The van der Waals surface area contributed by atoms with Crippen LogP contribution in [0.5, 0.6) is 0 Å². The van der Waals surface area contributed by atoms with Gasteiger partial charge in [0.05, 0.1) is 24.2 Å². The number of sulfonamides is 1. The Morgan fingerprint density at radius 2 is 1.82 bits per heavy atom. The molecule has 0 aliphatic carbocycles. The first-order valence-corrected chi connectivity index (χ1v) is 12.4. The first-order chi connectivity index (χ1) is 16.0.